The number of allylic oxidation sites excluding steroid dienone is 2. The van der Waals surface area contributed by atoms with Crippen LogP contribution in [-0.2, 0) is 9.59 Å². The molecular weight excluding hydrogens is 486 g/mol. The van der Waals surface area contributed by atoms with E-state index in [9.17, 15) is 23.6 Å². The zero-order valence-corrected chi connectivity index (χ0v) is 19.8. The molecule has 0 radical (unpaired) electrons. The summed E-state index contributed by atoms with van der Waals surface area (Å²) in [4.78, 5) is 25.7. The van der Waals surface area contributed by atoms with Crippen LogP contribution in [0.3, 0.4) is 0 Å². The smallest absolute Gasteiger partial charge is 0.254 e. The van der Waals surface area contributed by atoms with Gasteiger partial charge in [-0.1, -0.05) is 11.8 Å². The third-order valence-electron chi connectivity index (χ3n) is 5.30. The van der Waals surface area contributed by atoms with Gasteiger partial charge in [0, 0.05) is 17.1 Å². The first-order valence-electron chi connectivity index (χ1n) is 10.8. The molecule has 3 N–H and O–H groups in total. The lowest BCUT2D eigenvalue weighted by molar-refractivity contribution is -0.114. The second-order valence-corrected chi connectivity index (χ2v) is 8.76. The van der Waals surface area contributed by atoms with Gasteiger partial charge in [-0.2, -0.15) is 5.26 Å². The van der Waals surface area contributed by atoms with Gasteiger partial charge in [-0.3, -0.25) is 9.59 Å². The molecule has 2 amide bonds. The van der Waals surface area contributed by atoms with Crippen LogP contribution in [0.25, 0.3) is 0 Å². The summed E-state index contributed by atoms with van der Waals surface area (Å²) in [5, 5.41) is 18.9. The minimum Gasteiger partial charge on any atom is -0.468 e. The van der Waals surface area contributed by atoms with Gasteiger partial charge in [-0.25, -0.2) is 8.78 Å². The fourth-order valence-corrected chi connectivity index (χ4v) is 4.56. The molecule has 0 saturated heterocycles. The Labute approximate surface area is 209 Å². The number of furan rings is 1. The first-order valence-corrected chi connectivity index (χ1v) is 11.7. The lowest BCUT2D eigenvalue weighted by Gasteiger charge is -2.28. The highest BCUT2D eigenvalue weighted by Crippen LogP contribution is 2.41. The predicted octanol–water partition coefficient (Wildman–Crippen LogP) is 5.26. The molecule has 1 unspecified atom stereocenters. The molecule has 0 bridgehead atoms. The number of thioether (sulfide) groups is 1. The summed E-state index contributed by atoms with van der Waals surface area (Å²) >= 11 is 1.10. The fourth-order valence-electron chi connectivity index (χ4n) is 3.67. The number of rotatable bonds is 7. The molecule has 182 valence electrons. The van der Waals surface area contributed by atoms with Gasteiger partial charge in [0.05, 0.1) is 40.2 Å². The normalized spacial score (nSPS) is 15.2. The van der Waals surface area contributed by atoms with Gasteiger partial charge in [-0.05, 0) is 67.6 Å². The molecule has 7 nitrogen and oxygen atoms in total. The Balaban J connectivity index is 1.57. The summed E-state index contributed by atoms with van der Waals surface area (Å²) in [6, 6.07) is 16.2. The van der Waals surface area contributed by atoms with Gasteiger partial charge < -0.3 is 20.4 Å². The summed E-state index contributed by atoms with van der Waals surface area (Å²) in [6.07, 6.45) is 1.44. The standard InChI is InChI=1S/C26H20F2N4O3S/c1-15-23(25(34)32-19-10-6-17(28)7-11-19)24(21-3-2-12-35-21)20(13-29)26(30-15)36-14-22(33)31-18-8-4-16(27)5-9-18/h2-12,24,30H,14H2,1H3,(H,31,33)(H,32,34). The van der Waals surface area contributed by atoms with E-state index in [0.717, 1.165) is 11.8 Å². The lowest BCUT2D eigenvalue weighted by Crippen LogP contribution is -2.31. The number of carbonyl (C=O) groups excluding carboxylic acids is 2. The number of anilines is 2. The van der Waals surface area contributed by atoms with Crippen LogP contribution in [-0.4, -0.2) is 17.6 Å². The second kappa shape index (κ2) is 10.9. The largest absolute Gasteiger partial charge is 0.468 e. The summed E-state index contributed by atoms with van der Waals surface area (Å²) in [6.45, 7) is 1.68. The summed E-state index contributed by atoms with van der Waals surface area (Å²) in [5.74, 6) is -2.17. The van der Waals surface area contributed by atoms with E-state index >= 15 is 0 Å². The molecule has 10 heteroatoms. The van der Waals surface area contributed by atoms with E-state index in [2.05, 4.69) is 22.0 Å². The maximum Gasteiger partial charge on any atom is 0.254 e. The number of halogens is 2. The molecular formula is C26H20F2N4O3S. The number of hydrogen-bond acceptors (Lipinski definition) is 6. The number of nitrogens with zero attached hydrogens (tertiary/aromatic N) is 1. The highest BCUT2D eigenvalue weighted by atomic mass is 32.2. The highest BCUT2D eigenvalue weighted by molar-refractivity contribution is 8.03. The molecule has 2 aromatic carbocycles. The van der Waals surface area contributed by atoms with E-state index in [-0.39, 0.29) is 22.8 Å². The highest BCUT2D eigenvalue weighted by Gasteiger charge is 2.36. The van der Waals surface area contributed by atoms with E-state index in [0.29, 0.717) is 27.9 Å². The molecule has 2 heterocycles. The third-order valence-corrected chi connectivity index (χ3v) is 6.31. The molecule has 1 aliphatic rings. The zero-order valence-electron chi connectivity index (χ0n) is 19.0. The van der Waals surface area contributed by atoms with E-state index in [1.165, 1.54) is 54.8 Å². The van der Waals surface area contributed by atoms with Crippen molar-refractivity contribution in [2.45, 2.75) is 12.8 Å². The number of hydrogen-bond donors (Lipinski definition) is 3. The quantitative estimate of drug-likeness (QED) is 0.403. The van der Waals surface area contributed by atoms with Crippen molar-refractivity contribution in [3.05, 3.63) is 106 Å². The van der Waals surface area contributed by atoms with Crippen LogP contribution in [0.4, 0.5) is 20.2 Å². The first kappa shape index (κ1) is 24.8. The van der Waals surface area contributed by atoms with Crippen LogP contribution >= 0.6 is 11.8 Å². The molecule has 0 spiro atoms. The molecule has 1 aliphatic heterocycles. The number of carbonyl (C=O) groups is 2. The van der Waals surface area contributed by atoms with Gasteiger partial charge in [0.2, 0.25) is 5.91 Å². The van der Waals surface area contributed by atoms with Crippen LogP contribution in [0.15, 0.2) is 93.2 Å². The van der Waals surface area contributed by atoms with Gasteiger partial charge in [-0.15, -0.1) is 0 Å². The van der Waals surface area contributed by atoms with Crippen molar-refractivity contribution in [2.75, 3.05) is 16.4 Å². The second-order valence-electron chi connectivity index (χ2n) is 7.77. The average molecular weight is 507 g/mol. The van der Waals surface area contributed by atoms with E-state index in [1.807, 2.05) is 0 Å². The monoisotopic (exact) mass is 506 g/mol. The van der Waals surface area contributed by atoms with Crippen molar-refractivity contribution < 1.29 is 22.8 Å². The third kappa shape index (κ3) is 5.64. The lowest BCUT2D eigenvalue weighted by atomic mass is 9.85. The van der Waals surface area contributed by atoms with Crippen molar-refractivity contribution in [3.63, 3.8) is 0 Å². The number of benzene rings is 2. The van der Waals surface area contributed by atoms with E-state index < -0.39 is 23.5 Å². The van der Waals surface area contributed by atoms with Gasteiger partial charge in [0.15, 0.2) is 0 Å². The first-order chi connectivity index (χ1) is 17.4. The molecule has 3 aromatic rings. The number of amides is 2. The zero-order chi connectivity index (χ0) is 25.7. The van der Waals surface area contributed by atoms with Crippen molar-refractivity contribution in [2.24, 2.45) is 0 Å². The van der Waals surface area contributed by atoms with Gasteiger partial charge >= 0.3 is 0 Å². The summed E-state index contributed by atoms with van der Waals surface area (Å²) in [7, 11) is 0. The SMILES string of the molecule is CC1=C(C(=O)Nc2ccc(F)cc2)C(c2ccco2)C(C#N)=C(SCC(=O)Nc2ccc(F)cc2)N1. The summed E-state index contributed by atoms with van der Waals surface area (Å²) < 4.78 is 31.9. The van der Waals surface area contributed by atoms with E-state index in [1.54, 1.807) is 19.1 Å². The van der Waals surface area contributed by atoms with Crippen LogP contribution in [0, 0.1) is 23.0 Å². The van der Waals surface area contributed by atoms with Crippen molar-refractivity contribution in [3.8, 4) is 6.07 Å². The Morgan fingerprint density at radius 2 is 1.64 bits per heavy atom. The maximum atomic E-state index is 13.3. The Morgan fingerprint density at radius 3 is 2.19 bits per heavy atom. The van der Waals surface area contributed by atoms with Gasteiger partial charge in [0.25, 0.3) is 5.91 Å². The number of nitriles is 1. The van der Waals surface area contributed by atoms with Crippen LogP contribution in [0.1, 0.15) is 18.6 Å². The Morgan fingerprint density at radius 1 is 1.03 bits per heavy atom. The number of nitrogens with one attached hydrogen (secondary N) is 3. The molecule has 0 saturated carbocycles. The predicted molar refractivity (Wildman–Crippen MR) is 132 cm³/mol. The Hall–Kier alpha value is -4.36. The minimum absolute atomic E-state index is 0.0415. The molecule has 4 rings (SSSR count). The van der Waals surface area contributed by atoms with Crippen LogP contribution in [0.2, 0.25) is 0 Å². The molecule has 0 fully saturated rings. The number of dihydropyridines is 1. The van der Waals surface area contributed by atoms with Crippen molar-refractivity contribution in [1.29, 1.82) is 5.26 Å². The van der Waals surface area contributed by atoms with Crippen molar-refractivity contribution in [1.82, 2.24) is 5.32 Å². The maximum absolute atomic E-state index is 13.3. The Bertz CT molecular complexity index is 1380. The molecule has 1 atom stereocenters. The fraction of sp³-hybridized carbons (Fsp3) is 0.115. The molecule has 1 aromatic heterocycles. The topological polar surface area (TPSA) is 107 Å². The van der Waals surface area contributed by atoms with E-state index in [4.69, 9.17) is 4.42 Å². The minimum atomic E-state index is -0.825. The van der Waals surface area contributed by atoms with Crippen LogP contribution < -0.4 is 16.0 Å². The van der Waals surface area contributed by atoms with Gasteiger partial charge in [0.1, 0.15) is 17.4 Å². The average Bonchev–Trinajstić information content (AvgIpc) is 3.39. The summed E-state index contributed by atoms with van der Waals surface area (Å²) in [5.41, 5.74) is 1.76. The van der Waals surface area contributed by atoms with Crippen molar-refractivity contribution >= 4 is 35.0 Å². The molecule has 36 heavy (non-hydrogen) atoms. The van der Waals surface area contributed by atoms with Crippen LogP contribution in [0.5, 0.6) is 0 Å². The Kier molecular flexibility index (Phi) is 7.51. The molecule has 0 aliphatic carbocycles.